The van der Waals surface area contributed by atoms with Crippen LogP contribution in [0.1, 0.15) is 85.8 Å². The second-order valence-corrected chi connectivity index (χ2v) is 16.9. The van der Waals surface area contributed by atoms with Gasteiger partial charge in [0.1, 0.15) is 36.3 Å². The number of anilines is 1. The summed E-state index contributed by atoms with van der Waals surface area (Å²) in [7, 11) is -17.1. The third kappa shape index (κ3) is 13.8. The summed E-state index contributed by atoms with van der Waals surface area (Å²) < 4.78 is 56.0. The Hall–Kier alpha value is -2.40. The fourth-order valence-electron chi connectivity index (χ4n) is 5.29. The fourth-order valence-corrected chi connectivity index (χ4v) is 8.50. The van der Waals surface area contributed by atoms with Crippen LogP contribution in [0.25, 0.3) is 11.2 Å². The number of aliphatic hydroxyl groups excluding tert-OH is 2. The van der Waals surface area contributed by atoms with Crippen molar-refractivity contribution in [3.63, 3.8) is 0 Å². The summed E-state index contributed by atoms with van der Waals surface area (Å²) >= 11 is 0. The minimum atomic E-state index is -5.84. The number of aromatic nitrogens is 4. The van der Waals surface area contributed by atoms with E-state index >= 15 is 0 Å². The van der Waals surface area contributed by atoms with E-state index < -0.39 is 54.1 Å². The number of rotatable bonds is 19. The predicted octanol–water partition coefficient (Wildman–Crippen LogP) is 5.28. The highest BCUT2D eigenvalue weighted by Gasteiger charge is 2.50. The molecule has 3 rings (SSSR count). The van der Waals surface area contributed by atoms with Crippen LogP contribution in [-0.2, 0) is 31.6 Å². The van der Waals surface area contributed by atoms with Crippen LogP contribution in [-0.4, -0.2) is 73.7 Å². The van der Waals surface area contributed by atoms with Gasteiger partial charge < -0.3 is 40.3 Å². The second kappa shape index (κ2) is 18.6. The van der Waals surface area contributed by atoms with Crippen LogP contribution in [0.5, 0.6) is 0 Å². The van der Waals surface area contributed by atoms with Crippen LogP contribution < -0.4 is 5.73 Å². The normalized spacial score (nSPS) is 23.6. The van der Waals surface area contributed by atoms with Crippen LogP contribution in [0.2, 0.25) is 0 Å². The van der Waals surface area contributed by atoms with Crippen molar-refractivity contribution < 1.29 is 61.4 Å². The molecule has 286 valence electrons. The van der Waals surface area contributed by atoms with E-state index in [1.54, 1.807) is 13.0 Å². The van der Waals surface area contributed by atoms with Crippen molar-refractivity contribution >= 4 is 40.4 Å². The maximum Gasteiger partial charge on any atom is 0.490 e. The molecule has 8 N–H and O–H groups in total. The largest absolute Gasteiger partial charge is 0.490 e. The molecule has 1 fully saturated rings. The molecule has 0 bridgehead atoms. The molecule has 2 aromatic heterocycles. The molecule has 51 heavy (non-hydrogen) atoms. The maximum atomic E-state index is 12.9. The quantitative estimate of drug-likeness (QED) is 0.0706. The molecule has 2 aromatic rings. The number of phosphoric ester groups is 1. The number of hydrogen-bond acceptors (Lipinski definition) is 13. The lowest BCUT2D eigenvalue weighted by Gasteiger charge is -2.27. The van der Waals surface area contributed by atoms with Crippen LogP contribution in [0.4, 0.5) is 5.82 Å². The van der Waals surface area contributed by atoms with Crippen molar-refractivity contribution in [2.45, 2.75) is 110 Å². The molecule has 21 heteroatoms. The van der Waals surface area contributed by atoms with Crippen molar-refractivity contribution in [2.75, 3.05) is 5.73 Å². The van der Waals surface area contributed by atoms with E-state index in [0.29, 0.717) is 12.8 Å². The molecule has 0 amide bonds. The summed E-state index contributed by atoms with van der Waals surface area (Å²) in [5.41, 5.74) is 10.8. The lowest BCUT2D eigenvalue weighted by Crippen LogP contribution is -2.39. The zero-order valence-corrected chi connectivity index (χ0v) is 31.7. The molecule has 0 aliphatic carbocycles. The van der Waals surface area contributed by atoms with Crippen LogP contribution >= 0.6 is 23.5 Å². The Balaban J connectivity index is 1.75. The lowest BCUT2D eigenvalue weighted by molar-refractivity contribution is -0.0798. The summed E-state index contributed by atoms with van der Waals surface area (Å²) in [6, 6.07) is 0. The van der Waals surface area contributed by atoms with E-state index in [0.717, 1.165) is 37.6 Å². The Morgan fingerprint density at radius 3 is 1.98 bits per heavy atom. The highest BCUT2D eigenvalue weighted by molar-refractivity contribution is 7.66. The van der Waals surface area contributed by atoms with Crippen molar-refractivity contribution in [1.82, 2.24) is 19.5 Å². The zero-order chi connectivity index (χ0) is 38.1. The number of nitrogens with zero attached hydrogens (tertiary/aromatic N) is 4. The number of aliphatic hydroxyl groups is 2. The number of allylic oxidation sites excluding steroid dienone is 7. The van der Waals surface area contributed by atoms with Crippen molar-refractivity contribution in [3.05, 3.63) is 59.3 Å². The van der Waals surface area contributed by atoms with E-state index in [1.807, 2.05) is 0 Å². The standard InChI is InChI=1S/C30H48N5O13P3/c1-19(2)9-6-10-20(3)11-7-12-21(4)13-8-14-22(5)15-16-23(46-50(41,42)48-51(43,44)47-49(38,39)40)27-25(36)26(37)30(45-27)35-18-34-24-28(31)32-17-33-29(24)35/h9,11,13,15,17-18,23,25-27,30,36-37H,6-8,10,12,14,16H2,1-5H3,(H,41,42)(H,43,44)(H2,31,32,33)(H2,38,39,40)/b20-11+,21-13+,22-15+/t23?,25-,26+,27+,30+/m0/s1. The Morgan fingerprint density at radius 2 is 1.41 bits per heavy atom. The van der Waals surface area contributed by atoms with Gasteiger partial charge in [0.2, 0.25) is 0 Å². The summed E-state index contributed by atoms with van der Waals surface area (Å²) in [6.45, 7) is 10.1. The molecular formula is C30H48N5O13P3. The maximum absolute atomic E-state index is 12.9. The highest BCUT2D eigenvalue weighted by Crippen LogP contribution is 2.67. The monoisotopic (exact) mass is 779 g/mol. The molecule has 1 aliphatic heterocycles. The Bertz CT molecular complexity index is 1770. The van der Waals surface area contributed by atoms with E-state index in [4.69, 9.17) is 24.8 Å². The molecular weight excluding hydrogens is 731 g/mol. The van der Waals surface area contributed by atoms with Gasteiger partial charge in [-0.05, 0) is 79.6 Å². The number of nitrogens with two attached hydrogens (primary N) is 1. The van der Waals surface area contributed by atoms with Gasteiger partial charge in [0.05, 0.1) is 6.33 Å². The predicted molar refractivity (Wildman–Crippen MR) is 187 cm³/mol. The topological polar surface area (TPSA) is 279 Å². The van der Waals surface area contributed by atoms with Gasteiger partial charge in [-0.15, -0.1) is 0 Å². The van der Waals surface area contributed by atoms with Crippen molar-refractivity contribution in [3.8, 4) is 0 Å². The zero-order valence-electron chi connectivity index (χ0n) is 29.0. The number of hydrogen-bond donors (Lipinski definition) is 7. The third-order valence-electron chi connectivity index (χ3n) is 7.84. The van der Waals surface area contributed by atoms with Gasteiger partial charge >= 0.3 is 23.5 Å². The molecule has 18 nitrogen and oxygen atoms in total. The Kier molecular flexibility index (Phi) is 15.7. The average Bonchev–Trinajstić information content (AvgIpc) is 3.54. The first-order chi connectivity index (χ1) is 23.7. The number of imidazole rings is 1. The fraction of sp³-hybridized carbons (Fsp3) is 0.567. The number of phosphoric acid groups is 3. The molecule has 0 saturated carbocycles. The van der Waals surface area contributed by atoms with Crippen molar-refractivity contribution in [2.24, 2.45) is 0 Å². The lowest BCUT2D eigenvalue weighted by atomic mass is 10.0. The summed E-state index contributed by atoms with van der Waals surface area (Å²) in [4.78, 5) is 49.8. The Labute approximate surface area is 296 Å². The second-order valence-electron chi connectivity index (χ2n) is 12.6. The average molecular weight is 780 g/mol. The van der Waals surface area contributed by atoms with Gasteiger partial charge in [-0.2, -0.15) is 8.62 Å². The minimum absolute atomic E-state index is 0.0391. The third-order valence-corrected chi connectivity index (χ3v) is 11.7. The first-order valence-electron chi connectivity index (χ1n) is 16.0. The van der Waals surface area contributed by atoms with Crippen LogP contribution in [0, 0.1) is 0 Å². The SMILES string of the molecule is CC(C)=CCC/C(C)=C/CC/C(C)=C/CC/C(C)=C/CC(OP(=O)(O)OP(=O)(O)OP(=O)(O)O)[C@H]1O[C@@H](n2cnc3c(N)ncnc32)[C@H](O)[C@@H]1O. The van der Waals surface area contributed by atoms with E-state index in [9.17, 15) is 33.7 Å². The molecule has 1 saturated heterocycles. The highest BCUT2D eigenvalue weighted by atomic mass is 31.3. The van der Waals surface area contributed by atoms with Crippen LogP contribution in [0.15, 0.2) is 59.3 Å². The Morgan fingerprint density at radius 1 is 0.843 bits per heavy atom. The van der Waals surface area contributed by atoms with Gasteiger partial charge in [0, 0.05) is 0 Å². The van der Waals surface area contributed by atoms with Crippen molar-refractivity contribution in [1.29, 1.82) is 0 Å². The molecule has 0 aromatic carbocycles. The molecule has 1 aliphatic rings. The number of nitrogen functional groups attached to an aromatic ring is 1. The molecule has 3 unspecified atom stereocenters. The van der Waals surface area contributed by atoms with Gasteiger partial charge in [-0.3, -0.25) is 9.09 Å². The van der Waals surface area contributed by atoms with Gasteiger partial charge in [0.25, 0.3) is 0 Å². The molecule has 0 radical (unpaired) electrons. The first kappa shape index (κ1) is 43.0. The van der Waals surface area contributed by atoms with Gasteiger partial charge in [-0.25, -0.2) is 28.6 Å². The van der Waals surface area contributed by atoms with Gasteiger partial charge in [-0.1, -0.05) is 46.6 Å². The van der Waals surface area contributed by atoms with E-state index in [-0.39, 0.29) is 23.4 Å². The first-order valence-corrected chi connectivity index (χ1v) is 20.6. The smallest absolute Gasteiger partial charge is 0.387 e. The number of ether oxygens (including phenoxy) is 1. The summed E-state index contributed by atoms with van der Waals surface area (Å²) in [5, 5.41) is 22.0. The van der Waals surface area contributed by atoms with Gasteiger partial charge in [0.15, 0.2) is 17.7 Å². The summed E-state index contributed by atoms with van der Waals surface area (Å²) in [6.07, 6.45) is 7.53. The van der Waals surface area contributed by atoms with Crippen LogP contribution in [0.3, 0.4) is 0 Å². The molecule has 0 spiro atoms. The van der Waals surface area contributed by atoms with E-state index in [1.165, 1.54) is 27.6 Å². The summed E-state index contributed by atoms with van der Waals surface area (Å²) in [5.74, 6) is 0.0391. The van der Waals surface area contributed by atoms with E-state index in [2.05, 4.69) is 69.5 Å². The molecule has 3 heterocycles. The molecule has 7 atom stereocenters. The number of fused-ring (bicyclic) bond motifs is 1. The minimum Gasteiger partial charge on any atom is -0.387 e.